The Labute approximate surface area is 308 Å². The highest BCUT2D eigenvalue weighted by Crippen LogP contribution is 2.52. The van der Waals surface area contributed by atoms with Gasteiger partial charge in [0.15, 0.2) is 5.58 Å². The van der Waals surface area contributed by atoms with Crippen molar-refractivity contribution in [2.45, 2.75) is 19.3 Å². The zero-order valence-corrected chi connectivity index (χ0v) is 29.6. The molecule has 1 aliphatic carbocycles. The van der Waals surface area contributed by atoms with Crippen molar-refractivity contribution in [3.8, 4) is 22.3 Å². The summed E-state index contributed by atoms with van der Waals surface area (Å²) in [5, 5.41) is 9.45. The average molecular weight is 678 g/mol. The van der Waals surface area contributed by atoms with Gasteiger partial charge in [0.05, 0.1) is 5.69 Å². The number of rotatable bonds is 4. The van der Waals surface area contributed by atoms with Gasteiger partial charge in [0.25, 0.3) is 0 Å². The molecule has 2 heteroatoms. The molecule has 0 unspecified atom stereocenters. The molecule has 0 bridgehead atoms. The fourth-order valence-electron chi connectivity index (χ4n) is 9.04. The molecule has 0 spiro atoms. The third-order valence-electron chi connectivity index (χ3n) is 11.6. The van der Waals surface area contributed by atoms with Crippen LogP contribution in [-0.2, 0) is 5.41 Å². The van der Waals surface area contributed by atoms with Crippen molar-refractivity contribution in [1.29, 1.82) is 0 Å². The fraction of sp³-hybridized carbons (Fsp3) is 0.0588. The van der Waals surface area contributed by atoms with Crippen LogP contribution in [0.4, 0.5) is 17.1 Å². The maximum absolute atomic E-state index is 7.28. The third-order valence-corrected chi connectivity index (χ3v) is 11.6. The van der Waals surface area contributed by atoms with Crippen molar-refractivity contribution >= 4 is 71.3 Å². The van der Waals surface area contributed by atoms with E-state index in [0.29, 0.717) is 0 Å². The van der Waals surface area contributed by atoms with Gasteiger partial charge in [-0.25, -0.2) is 0 Å². The molecule has 0 aliphatic heterocycles. The number of benzene rings is 9. The van der Waals surface area contributed by atoms with Gasteiger partial charge >= 0.3 is 0 Å². The van der Waals surface area contributed by atoms with E-state index in [1.54, 1.807) is 0 Å². The number of fused-ring (bicyclic) bond motifs is 9. The van der Waals surface area contributed by atoms with E-state index in [1.807, 2.05) is 0 Å². The van der Waals surface area contributed by atoms with E-state index in [1.165, 1.54) is 60.1 Å². The molecule has 0 N–H and O–H groups in total. The SMILES string of the molecule is CC1(C)c2ccccc2-c2ccc(N(c3ccc4ccccc4c3)c3cccc4c3oc3c(-c5cccc6ccccc56)c5ccccc5cc34)cc21. The van der Waals surface area contributed by atoms with Crippen LogP contribution in [0.2, 0.25) is 0 Å². The molecule has 0 radical (unpaired) electrons. The maximum Gasteiger partial charge on any atom is 0.159 e. The zero-order valence-electron chi connectivity index (χ0n) is 29.6. The number of hydrogen-bond acceptors (Lipinski definition) is 2. The van der Waals surface area contributed by atoms with E-state index in [4.69, 9.17) is 4.42 Å². The lowest BCUT2D eigenvalue weighted by Crippen LogP contribution is -2.16. The second-order valence-corrected chi connectivity index (χ2v) is 14.9. The van der Waals surface area contributed by atoms with Gasteiger partial charge in [0.1, 0.15) is 5.58 Å². The summed E-state index contributed by atoms with van der Waals surface area (Å²) in [6, 6.07) is 64.1. The Morgan fingerprint density at radius 3 is 1.91 bits per heavy atom. The number of anilines is 3. The quantitative estimate of drug-likeness (QED) is 0.184. The highest BCUT2D eigenvalue weighted by atomic mass is 16.3. The first-order chi connectivity index (χ1) is 26.0. The summed E-state index contributed by atoms with van der Waals surface area (Å²) in [6.07, 6.45) is 0. The minimum absolute atomic E-state index is 0.129. The molecule has 9 aromatic carbocycles. The Hall–Kier alpha value is -6.64. The summed E-state index contributed by atoms with van der Waals surface area (Å²) in [6.45, 7) is 4.70. The molecule has 0 saturated carbocycles. The highest BCUT2D eigenvalue weighted by molar-refractivity contribution is 6.22. The van der Waals surface area contributed by atoms with Crippen molar-refractivity contribution in [3.63, 3.8) is 0 Å². The van der Waals surface area contributed by atoms with Crippen molar-refractivity contribution < 1.29 is 4.42 Å². The smallest absolute Gasteiger partial charge is 0.159 e. The van der Waals surface area contributed by atoms with E-state index >= 15 is 0 Å². The number of furan rings is 1. The summed E-state index contributed by atoms with van der Waals surface area (Å²) < 4.78 is 7.28. The number of hydrogen-bond donors (Lipinski definition) is 0. The molecule has 0 atom stereocenters. The van der Waals surface area contributed by atoms with Crippen molar-refractivity contribution in [2.75, 3.05) is 4.90 Å². The van der Waals surface area contributed by atoms with Gasteiger partial charge in [-0.3, -0.25) is 0 Å². The maximum atomic E-state index is 7.28. The fourth-order valence-corrected chi connectivity index (χ4v) is 9.04. The Bertz CT molecular complexity index is 3100. The molecule has 250 valence electrons. The minimum atomic E-state index is -0.129. The monoisotopic (exact) mass is 677 g/mol. The highest BCUT2D eigenvalue weighted by Gasteiger charge is 2.36. The number of para-hydroxylation sites is 1. The largest absolute Gasteiger partial charge is 0.453 e. The minimum Gasteiger partial charge on any atom is -0.453 e. The van der Waals surface area contributed by atoms with Crippen LogP contribution in [0, 0.1) is 0 Å². The third kappa shape index (κ3) is 4.39. The first kappa shape index (κ1) is 30.0. The summed E-state index contributed by atoms with van der Waals surface area (Å²) in [5.41, 5.74) is 12.5. The average Bonchev–Trinajstić information content (AvgIpc) is 3.69. The molecule has 1 aromatic heterocycles. The van der Waals surface area contributed by atoms with Crippen molar-refractivity contribution in [1.82, 2.24) is 0 Å². The van der Waals surface area contributed by atoms with Gasteiger partial charge in [-0.15, -0.1) is 0 Å². The Kier molecular flexibility index (Phi) is 6.33. The van der Waals surface area contributed by atoms with Crippen LogP contribution < -0.4 is 4.90 Å². The molecule has 10 aromatic rings. The van der Waals surface area contributed by atoms with Crippen LogP contribution in [0.1, 0.15) is 25.0 Å². The summed E-state index contributed by atoms with van der Waals surface area (Å²) >= 11 is 0. The second-order valence-electron chi connectivity index (χ2n) is 14.9. The van der Waals surface area contributed by atoms with Crippen LogP contribution in [-0.4, -0.2) is 0 Å². The van der Waals surface area contributed by atoms with Gasteiger partial charge in [-0.05, 0) is 96.5 Å². The predicted molar refractivity (Wildman–Crippen MR) is 224 cm³/mol. The van der Waals surface area contributed by atoms with Gasteiger partial charge in [-0.2, -0.15) is 0 Å². The molecule has 0 fully saturated rings. The molecule has 1 heterocycles. The Balaban J connectivity index is 1.21. The van der Waals surface area contributed by atoms with E-state index < -0.39 is 0 Å². The second kappa shape index (κ2) is 11.2. The van der Waals surface area contributed by atoms with Crippen LogP contribution in [0.15, 0.2) is 180 Å². The van der Waals surface area contributed by atoms with Crippen molar-refractivity contribution in [2.24, 2.45) is 0 Å². The molecule has 0 amide bonds. The Morgan fingerprint density at radius 2 is 1.02 bits per heavy atom. The molecule has 53 heavy (non-hydrogen) atoms. The molecule has 11 rings (SSSR count). The van der Waals surface area contributed by atoms with Crippen LogP contribution in [0.5, 0.6) is 0 Å². The predicted octanol–water partition coefficient (Wildman–Crippen LogP) is 14.5. The summed E-state index contributed by atoms with van der Waals surface area (Å²) in [7, 11) is 0. The van der Waals surface area contributed by atoms with Crippen LogP contribution in [0.3, 0.4) is 0 Å². The first-order valence-electron chi connectivity index (χ1n) is 18.4. The normalized spacial score (nSPS) is 13.2. The topological polar surface area (TPSA) is 16.4 Å². The van der Waals surface area contributed by atoms with Gasteiger partial charge < -0.3 is 9.32 Å². The van der Waals surface area contributed by atoms with E-state index in [2.05, 4.69) is 195 Å². The lowest BCUT2D eigenvalue weighted by atomic mass is 9.82. The molecule has 1 aliphatic rings. The van der Waals surface area contributed by atoms with Gasteiger partial charge in [-0.1, -0.05) is 153 Å². The van der Waals surface area contributed by atoms with Crippen LogP contribution >= 0.6 is 0 Å². The van der Waals surface area contributed by atoms with Crippen LogP contribution in [0.25, 0.3) is 76.5 Å². The lowest BCUT2D eigenvalue weighted by Gasteiger charge is -2.28. The molecular formula is C51H35NO. The van der Waals surface area contributed by atoms with E-state index in [0.717, 1.165) is 44.6 Å². The molecule has 2 nitrogen and oxygen atoms in total. The summed E-state index contributed by atoms with van der Waals surface area (Å²) in [4.78, 5) is 2.40. The van der Waals surface area contributed by atoms with E-state index in [-0.39, 0.29) is 5.41 Å². The standard InChI is InChI=1S/C51H35NO/c1-51(2)45-23-10-9-20-40(45)41-28-27-37(31-46(41)51)52(36-26-25-32-13-3-4-15-34(32)29-36)47-24-12-22-43-44-30-35-16-6-8-19-39(35)48(50(44)53-49(43)47)42-21-11-17-33-14-5-7-18-38(33)42/h3-31H,1-2H3. The Morgan fingerprint density at radius 1 is 0.396 bits per heavy atom. The van der Waals surface area contributed by atoms with Crippen molar-refractivity contribution in [3.05, 3.63) is 187 Å². The first-order valence-corrected chi connectivity index (χ1v) is 18.4. The lowest BCUT2D eigenvalue weighted by molar-refractivity contribution is 0.660. The van der Waals surface area contributed by atoms with E-state index in [9.17, 15) is 0 Å². The van der Waals surface area contributed by atoms with Gasteiger partial charge in [0, 0.05) is 33.1 Å². The molecular weight excluding hydrogens is 643 g/mol. The summed E-state index contributed by atoms with van der Waals surface area (Å²) in [5.74, 6) is 0. The molecule has 0 saturated heterocycles. The zero-order chi connectivity index (χ0) is 35.3. The van der Waals surface area contributed by atoms with Gasteiger partial charge in [0.2, 0.25) is 0 Å². The number of nitrogens with zero attached hydrogens (tertiary/aromatic N) is 1.